The third-order valence-electron chi connectivity index (χ3n) is 10.8. The Morgan fingerprint density at radius 2 is 1.61 bits per heavy atom. The van der Waals surface area contributed by atoms with Crippen LogP contribution >= 0.6 is 23.2 Å². The number of amides is 2. The van der Waals surface area contributed by atoms with E-state index in [2.05, 4.69) is 16.7 Å². The van der Waals surface area contributed by atoms with Gasteiger partial charge in [-0.3, -0.25) is 14.5 Å². The number of fused-ring (bicyclic) bond motifs is 2. The van der Waals surface area contributed by atoms with Crippen LogP contribution in [0.2, 0.25) is 10.0 Å². The van der Waals surface area contributed by atoms with Gasteiger partial charge in [-0.25, -0.2) is 9.18 Å². The minimum atomic E-state index is -1.25. The second kappa shape index (κ2) is 17.9. The Morgan fingerprint density at radius 3 is 2.30 bits per heavy atom. The summed E-state index contributed by atoms with van der Waals surface area (Å²) in [5, 5.41) is 26.0. The molecule has 6 aromatic carbocycles. The van der Waals surface area contributed by atoms with E-state index in [1.807, 2.05) is 53.4 Å². The standard InChI is InChI=1S/C48H37Cl2FN4O6/c49-38-18-9-30(19-39(38)50)27-60-37-16-14-33(15-17-37)45-47(57)53-41-21-35-22-43(55(26-36(35)23-44(41)61-45)25-34-3-1-2-4-40(34)51)46(56)54-42(48(58)59)20-28-5-10-31(11-6-28)32-12-7-29(24-52)8-13-32/h1-19,21,23,42-43,45H,20,22,25-27H2,(H,53,57)(H,54,56)(H,58,59). The zero-order valence-electron chi connectivity index (χ0n) is 32.4. The Hall–Kier alpha value is -6.71. The zero-order chi connectivity index (χ0) is 42.6. The summed E-state index contributed by atoms with van der Waals surface area (Å²) in [5.74, 6) is -1.50. The lowest BCUT2D eigenvalue weighted by molar-refractivity contribution is -0.142. The number of hydrogen-bond donors (Lipinski definition) is 3. The molecule has 13 heteroatoms. The van der Waals surface area contributed by atoms with Crippen LogP contribution in [0.4, 0.5) is 10.1 Å². The number of anilines is 1. The van der Waals surface area contributed by atoms with E-state index < -0.39 is 35.9 Å². The number of ether oxygens (including phenoxy) is 2. The monoisotopic (exact) mass is 854 g/mol. The fourth-order valence-corrected chi connectivity index (χ4v) is 7.86. The number of nitrogens with one attached hydrogen (secondary N) is 2. The molecule has 0 fully saturated rings. The molecule has 0 saturated heterocycles. The maximum atomic E-state index is 15.0. The van der Waals surface area contributed by atoms with Gasteiger partial charge in [0.2, 0.25) is 12.0 Å². The summed E-state index contributed by atoms with van der Waals surface area (Å²) < 4.78 is 27.2. The maximum Gasteiger partial charge on any atom is 0.326 e. The predicted octanol–water partition coefficient (Wildman–Crippen LogP) is 9.06. The summed E-state index contributed by atoms with van der Waals surface area (Å²) in [5.41, 5.74) is 6.90. The van der Waals surface area contributed by atoms with Crippen LogP contribution in [0.5, 0.6) is 11.5 Å². The summed E-state index contributed by atoms with van der Waals surface area (Å²) in [6.07, 6.45) is -0.763. The largest absolute Gasteiger partial charge is 0.489 e. The molecule has 0 radical (unpaired) electrons. The van der Waals surface area contributed by atoms with Crippen molar-refractivity contribution >= 4 is 46.7 Å². The Morgan fingerprint density at radius 1 is 0.902 bits per heavy atom. The molecule has 10 nitrogen and oxygen atoms in total. The van der Waals surface area contributed by atoms with Crippen LogP contribution in [0.15, 0.2) is 127 Å². The number of hydrogen-bond acceptors (Lipinski definition) is 7. The summed E-state index contributed by atoms with van der Waals surface area (Å²) in [6, 6.07) is 36.7. The highest BCUT2D eigenvalue weighted by atomic mass is 35.5. The molecule has 8 rings (SSSR count). The topological polar surface area (TPSA) is 141 Å². The van der Waals surface area contributed by atoms with Crippen LogP contribution < -0.4 is 20.1 Å². The molecule has 3 N–H and O–H groups in total. The smallest absolute Gasteiger partial charge is 0.326 e. The summed E-state index contributed by atoms with van der Waals surface area (Å²) >= 11 is 12.2. The van der Waals surface area contributed by atoms with Gasteiger partial charge in [-0.05, 0) is 94.4 Å². The van der Waals surface area contributed by atoms with Crippen molar-refractivity contribution < 1.29 is 33.4 Å². The van der Waals surface area contributed by atoms with Crippen molar-refractivity contribution in [1.82, 2.24) is 10.2 Å². The summed E-state index contributed by atoms with van der Waals surface area (Å²) in [6.45, 7) is 0.564. The molecule has 0 spiro atoms. The lowest BCUT2D eigenvalue weighted by Gasteiger charge is -2.37. The second-order valence-electron chi connectivity index (χ2n) is 14.9. The van der Waals surface area contributed by atoms with Crippen LogP contribution in [-0.2, 0) is 46.9 Å². The van der Waals surface area contributed by atoms with Crippen LogP contribution in [0.1, 0.15) is 45.0 Å². The molecule has 3 atom stereocenters. The second-order valence-corrected chi connectivity index (χ2v) is 15.7. The van der Waals surface area contributed by atoms with Gasteiger partial charge in [0.05, 0.1) is 33.4 Å². The van der Waals surface area contributed by atoms with Crippen molar-refractivity contribution in [2.24, 2.45) is 0 Å². The predicted molar refractivity (Wildman–Crippen MR) is 229 cm³/mol. The van der Waals surface area contributed by atoms with Gasteiger partial charge in [0.25, 0.3) is 5.91 Å². The molecule has 2 heterocycles. The Kier molecular flexibility index (Phi) is 12.0. The average molecular weight is 856 g/mol. The maximum absolute atomic E-state index is 15.0. The van der Waals surface area contributed by atoms with Gasteiger partial charge in [-0.1, -0.05) is 96.0 Å². The van der Waals surface area contributed by atoms with Gasteiger partial charge < -0.3 is 25.2 Å². The summed E-state index contributed by atoms with van der Waals surface area (Å²) in [4.78, 5) is 41.9. The quantitative estimate of drug-likeness (QED) is 0.111. The van der Waals surface area contributed by atoms with Gasteiger partial charge in [0, 0.05) is 30.6 Å². The molecule has 61 heavy (non-hydrogen) atoms. The Bertz CT molecular complexity index is 2670. The number of benzene rings is 6. The molecule has 2 aliphatic rings. The van der Waals surface area contributed by atoms with Crippen molar-refractivity contribution in [1.29, 1.82) is 5.26 Å². The molecule has 3 unspecified atom stereocenters. The highest BCUT2D eigenvalue weighted by molar-refractivity contribution is 6.42. The lowest BCUT2D eigenvalue weighted by Crippen LogP contribution is -2.54. The molecule has 0 aliphatic carbocycles. The number of halogens is 3. The van der Waals surface area contributed by atoms with Crippen LogP contribution in [0, 0.1) is 17.1 Å². The van der Waals surface area contributed by atoms with Crippen molar-refractivity contribution in [3.8, 4) is 28.7 Å². The number of carbonyl (C=O) groups is 3. The lowest BCUT2D eigenvalue weighted by atomic mass is 9.91. The molecule has 2 amide bonds. The van der Waals surface area contributed by atoms with E-state index in [0.29, 0.717) is 49.5 Å². The van der Waals surface area contributed by atoms with Gasteiger partial charge in [0.15, 0.2) is 0 Å². The van der Waals surface area contributed by atoms with E-state index in [9.17, 15) is 19.5 Å². The normalized spacial score (nSPS) is 16.2. The van der Waals surface area contributed by atoms with Crippen molar-refractivity contribution in [3.63, 3.8) is 0 Å². The molecule has 306 valence electrons. The number of carboxylic acid groups (broad SMARTS) is 1. The van der Waals surface area contributed by atoms with E-state index in [0.717, 1.165) is 27.8 Å². The Balaban J connectivity index is 0.984. The number of nitrogens with zero attached hydrogens (tertiary/aromatic N) is 2. The first-order valence-corrected chi connectivity index (χ1v) is 20.2. The van der Waals surface area contributed by atoms with E-state index >= 15 is 4.39 Å². The van der Waals surface area contributed by atoms with Crippen LogP contribution in [-0.4, -0.2) is 39.9 Å². The SMILES string of the molecule is N#Cc1ccc(-c2ccc(CC(NC(=O)C3Cc4cc5c(cc4CN3Cc3ccccc3F)OC(c3ccc(OCc4ccc(Cl)c(Cl)c4)cc3)C(=O)N5)C(=O)O)cc2)cc1. The van der Waals surface area contributed by atoms with Gasteiger partial charge in [0.1, 0.15) is 30.0 Å². The first-order valence-electron chi connectivity index (χ1n) is 19.4. The third-order valence-corrected chi connectivity index (χ3v) is 11.6. The molecule has 0 bridgehead atoms. The molecular formula is C48H37Cl2FN4O6. The molecule has 2 aliphatic heterocycles. The molecule has 6 aromatic rings. The number of carboxylic acids is 1. The first-order chi connectivity index (χ1) is 29.5. The number of carbonyl (C=O) groups excluding carboxylic acids is 2. The number of aliphatic carboxylic acids is 1. The van der Waals surface area contributed by atoms with Gasteiger partial charge in [-0.2, -0.15) is 5.26 Å². The van der Waals surface area contributed by atoms with Crippen molar-refractivity contribution in [2.75, 3.05) is 5.32 Å². The molecule has 0 aromatic heterocycles. The van der Waals surface area contributed by atoms with Crippen LogP contribution in [0.3, 0.4) is 0 Å². The highest BCUT2D eigenvalue weighted by Crippen LogP contribution is 2.40. The van der Waals surface area contributed by atoms with E-state index in [1.165, 1.54) is 6.07 Å². The minimum Gasteiger partial charge on any atom is -0.489 e. The average Bonchev–Trinajstić information content (AvgIpc) is 3.26. The molecule has 0 saturated carbocycles. The first kappa shape index (κ1) is 41.0. The fraction of sp³-hybridized carbons (Fsp3) is 0.167. The number of rotatable bonds is 12. The van der Waals surface area contributed by atoms with Crippen molar-refractivity contribution in [3.05, 3.63) is 182 Å². The fourth-order valence-electron chi connectivity index (χ4n) is 7.54. The van der Waals surface area contributed by atoms with E-state index in [1.54, 1.807) is 72.8 Å². The zero-order valence-corrected chi connectivity index (χ0v) is 33.9. The van der Waals surface area contributed by atoms with E-state index in [4.69, 9.17) is 37.9 Å². The van der Waals surface area contributed by atoms with E-state index in [-0.39, 0.29) is 38.4 Å². The minimum absolute atomic E-state index is 0.0257. The van der Waals surface area contributed by atoms with Gasteiger partial charge in [-0.15, -0.1) is 0 Å². The third kappa shape index (κ3) is 9.37. The highest BCUT2D eigenvalue weighted by Gasteiger charge is 2.37. The number of nitriles is 1. The summed E-state index contributed by atoms with van der Waals surface area (Å²) in [7, 11) is 0. The van der Waals surface area contributed by atoms with Crippen molar-refractivity contribution in [2.45, 2.75) is 50.7 Å². The van der Waals surface area contributed by atoms with Gasteiger partial charge >= 0.3 is 5.97 Å². The molecular weight excluding hydrogens is 818 g/mol. The van der Waals surface area contributed by atoms with Crippen LogP contribution in [0.25, 0.3) is 11.1 Å². The Labute approximate surface area is 361 Å².